The van der Waals surface area contributed by atoms with Gasteiger partial charge in [0.1, 0.15) is 0 Å². The summed E-state index contributed by atoms with van der Waals surface area (Å²) in [6, 6.07) is 8.71. The van der Waals surface area contributed by atoms with Gasteiger partial charge in [-0.2, -0.15) is 0 Å². The second-order valence-corrected chi connectivity index (χ2v) is 5.16. The van der Waals surface area contributed by atoms with Crippen LogP contribution >= 0.6 is 0 Å². The molecule has 1 aliphatic rings. The molecular formula is C24H38. The molecule has 0 atom stereocenters. The van der Waals surface area contributed by atoms with Gasteiger partial charge in [-0.25, -0.2) is 0 Å². The molecule has 0 radical (unpaired) electrons. The van der Waals surface area contributed by atoms with E-state index >= 15 is 0 Å². The molecule has 0 aliphatic heterocycles. The van der Waals surface area contributed by atoms with Gasteiger partial charge in [-0.1, -0.05) is 95.2 Å². The van der Waals surface area contributed by atoms with Gasteiger partial charge >= 0.3 is 0 Å². The van der Waals surface area contributed by atoms with Crippen molar-refractivity contribution in [3.8, 4) is 0 Å². The van der Waals surface area contributed by atoms with Gasteiger partial charge in [0.15, 0.2) is 0 Å². The fourth-order valence-electron chi connectivity index (χ4n) is 1.99. The lowest BCUT2D eigenvalue weighted by Gasteiger charge is -1.99. The summed E-state index contributed by atoms with van der Waals surface area (Å²) in [6.45, 7) is 20.5. The maximum absolute atomic E-state index is 2.26. The Labute approximate surface area is 151 Å². The zero-order valence-corrected chi connectivity index (χ0v) is 17.6. The van der Waals surface area contributed by atoms with Gasteiger partial charge in [-0.3, -0.25) is 0 Å². The molecule has 0 heterocycles. The fraction of sp³-hybridized carbons (Fsp3) is 0.417. The Morgan fingerprint density at radius 1 is 0.750 bits per heavy atom. The Morgan fingerprint density at radius 3 is 1.71 bits per heavy atom. The van der Waals surface area contributed by atoms with Crippen molar-refractivity contribution in [1.82, 2.24) is 0 Å². The summed E-state index contributed by atoms with van der Waals surface area (Å²) in [4.78, 5) is 0. The minimum atomic E-state index is 1.29. The first kappa shape index (κ1) is 24.4. The number of rotatable bonds is 2. The number of hydrogen-bond acceptors (Lipinski definition) is 0. The summed E-state index contributed by atoms with van der Waals surface area (Å²) in [7, 11) is 0. The van der Waals surface area contributed by atoms with E-state index in [1.165, 1.54) is 33.4 Å². The van der Waals surface area contributed by atoms with Crippen LogP contribution in [0, 0.1) is 6.92 Å². The summed E-state index contributed by atoms with van der Waals surface area (Å²) in [6.07, 6.45) is 8.89. The van der Waals surface area contributed by atoms with Crippen LogP contribution in [0.2, 0.25) is 0 Å². The molecule has 0 bridgehead atoms. The highest BCUT2D eigenvalue weighted by Gasteiger charge is 2.09. The fourth-order valence-corrected chi connectivity index (χ4v) is 1.99. The normalized spacial score (nSPS) is 13.2. The molecule has 0 heteroatoms. The molecule has 24 heavy (non-hydrogen) atoms. The molecule has 1 aliphatic carbocycles. The van der Waals surface area contributed by atoms with Crippen LogP contribution in [-0.2, 0) is 0 Å². The number of allylic oxidation sites excluding steroid dienone is 8. The molecule has 134 valence electrons. The molecule has 0 amide bonds. The third-order valence-electron chi connectivity index (χ3n) is 3.12. The smallest absolute Gasteiger partial charge is 0.0175 e. The minimum absolute atomic E-state index is 1.29. The van der Waals surface area contributed by atoms with Crippen LogP contribution in [0.4, 0.5) is 0 Å². The van der Waals surface area contributed by atoms with Crippen molar-refractivity contribution in [2.24, 2.45) is 0 Å². The van der Waals surface area contributed by atoms with Crippen LogP contribution in [-0.4, -0.2) is 0 Å². The van der Waals surface area contributed by atoms with E-state index in [0.717, 1.165) is 0 Å². The van der Waals surface area contributed by atoms with Crippen LogP contribution in [0.5, 0.6) is 0 Å². The van der Waals surface area contributed by atoms with Crippen molar-refractivity contribution in [2.45, 2.75) is 69.2 Å². The molecule has 1 aromatic carbocycles. The predicted molar refractivity (Wildman–Crippen MR) is 114 cm³/mol. The molecule has 2 rings (SSSR count). The van der Waals surface area contributed by atoms with E-state index in [1.807, 2.05) is 41.5 Å². The first-order valence-electron chi connectivity index (χ1n) is 9.39. The van der Waals surface area contributed by atoms with Crippen molar-refractivity contribution in [1.29, 1.82) is 0 Å². The highest BCUT2D eigenvalue weighted by Crippen LogP contribution is 2.30. The summed E-state index contributed by atoms with van der Waals surface area (Å²) in [5, 5.41) is 0. The average Bonchev–Trinajstić information content (AvgIpc) is 3.00. The summed E-state index contributed by atoms with van der Waals surface area (Å²) in [5.41, 5.74) is 7.88. The third kappa shape index (κ3) is 8.72. The summed E-state index contributed by atoms with van der Waals surface area (Å²) < 4.78 is 0. The largest absolute Gasteiger partial charge is 0.0764 e. The van der Waals surface area contributed by atoms with Crippen molar-refractivity contribution < 1.29 is 0 Å². The van der Waals surface area contributed by atoms with Gasteiger partial charge in [0.05, 0.1) is 0 Å². The summed E-state index contributed by atoms with van der Waals surface area (Å²) >= 11 is 0. The Morgan fingerprint density at radius 2 is 1.25 bits per heavy atom. The quantitative estimate of drug-likeness (QED) is 0.512. The lowest BCUT2D eigenvalue weighted by Crippen LogP contribution is -1.79. The Kier molecular flexibility index (Phi) is 15.0. The van der Waals surface area contributed by atoms with Gasteiger partial charge < -0.3 is 0 Å². The zero-order chi connectivity index (χ0) is 19.1. The molecule has 0 aromatic heterocycles. The monoisotopic (exact) mass is 326 g/mol. The van der Waals surface area contributed by atoms with Crippen LogP contribution in [0.1, 0.15) is 73.4 Å². The van der Waals surface area contributed by atoms with E-state index in [-0.39, 0.29) is 0 Å². The van der Waals surface area contributed by atoms with E-state index in [4.69, 9.17) is 0 Å². The molecule has 0 N–H and O–H groups in total. The average molecular weight is 327 g/mol. The first-order valence-corrected chi connectivity index (χ1v) is 9.39. The first-order chi connectivity index (χ1) is 11.6. The molecule has 0 saturated heterocycles. The molecule has 0 unspecified atom stereocenters. The lowest BCUT2D eigenvalue weighted by atomic mass is 10.1. The van der Waals surface area contributed by atoms with Crippen LogP contribution in [0.25, 0.3) is 5.57 Å². The number of benzene rings is 1. The SMILES string of the molecule is CC.CC.CC.CC(C)=C/C=C1/C=C(c2ccc(C)cc2)C=C1C. The van der Waals surface area contributed by atoms with Crippen molar-refractivity contribution in [2.75, 3.05) is 0 Å². The van der Waals surface area contributed by atoms with Gasteiger partial charge in [-0.15, -0.1) is 0 Å². The van der Waals surface area contributed by atoms with Crippen LogP contribution in [0.15, 0.2) is 65.3 Å². The highest BCUT2D eigenvalue weighted by molar-refractivity contribution is 5.83. The Bertz CT molecular complexity index is 557. The molecule has 0 saturated carbocycles. The summed E-state index contributed by atoms with van der Waals surface area (Å²) in [5.74, 6) is 0. The molecule has 1 aromatic rings. The van der Waals surface area contributed by atoms with Gasteiger partial charge in [0.25, 0.3) is 0 Å². The van der Waals surface area contributed by atoms with Crippen LogP contribution in [0.3, 0.4) is 0 Å². The second kappa shape index (κ2) is 14.8. The third-order valence-corrected chi connectivity index (χ3v) is 3.12. The zero-order valence-electron chi connectivity index (χ0n) is 17.6. The van der Waals surface area contributed by atoms with E-state index in [1.54, 1.807) is 0 Å². The molecule has 0 spiro atoms. The molecule has 0 fully saturated rings. The second-order valence-electron chi connectivity index (χ2n) is 5.16. The number of hydrogen-bond donors (Lipinski definition) is 0. The molecular weight excluding hydrogens is 288 g/mol. The van der Waals surface area contributed by atoms with Gasteiger partial charge in [0, 0.05) is 0 Å². The van der Waals surface area contributed by atoms with E-state index < -0.39 is 0 Å². The minimum Gasteiger partial charge on any atom is -0.0764 e. The van der Waals surface area contributed by atoms with E-state index in [2.05, 4.69) is 76.3 Å². The number of aryl methyl sites for hydroxylation is 1. The van der Waals surface area contributed by atoms with Crippen molar-refractivity contribution >= 4 is 5.57 Å². The maximum atomic E-state index is 2.26. The maximum Gasteiger partial charge on any atom is -0.0175 e. The van der Waals surface area contributed by atoms with Gasteiger partial charge in [0.2, 0.25) is 0 Å². The topological polar surface area (TPSA) is 0 Å². The predicted octanol–water partition coefficient (Wildman–Crippen LogP) is 8.31. The Balaban J connectivity index is 0. The lowest BCUT2D eigenvalue weighted by molar-refractivity contribution is 1.38. The van der Waals surface area contributed by atoms with E-state index in [9.17, 15) is 0 Å². The standard InChI is InChI=1S/C18H20.3C2H6/c1-13(2)5-8-17-12-18(11-15(17)4)16-9-6-14(3)7-10-16;3*1-2/h5-12H,1-4H3;3*1-2H3/b17-8-;;;. The Hall–Kier alpha value is -1.82. The van der Waals surface area contributed by atoms with Gasteiger partial charge in [-0.05, 0) is 56.1 Å². The highest BCUT2D eigenvalue weighted by atomic mass is 14.1. The van der Waals surface area contributed by atoms with Crippen molar-refractivity contribution in [3.63, 3.8) is 0 Å². The van der Waals surface area contributed by atoms with Crippen LogP contribution < -0.4 is 0 Å². The molecule has 0 nitrogen and oxygen atoms in total. The van der Waals surface area contributed by atoms with E-state index in [0.29, 0.717) is 0 Å². The van der Waals surface area contributed by atoms with Crippen molar-refractivity contribution in [3.05, 3.63) is 76.4 Å².